The fourth-order valence-corrected chi connectivity index (χ4v) is 2.26. The smallest absolute Gasteiger partial charge is 0.251 e. The van der Waals surface area contributed by atoms with E-state index < -0.39 is 0 Å². The minimum atomic E-state index is -0.148. The molecule has 5 heteroatoms. The molecule has 0 unspecified atom stereocenters. The molecule has 1 aliphatic rings. The lowest BCUT2D eigenvalue weighted by Crippen LogP contribution is -2.11. The minimum Gasteiger partial charge on any atom is -0.496 e. The number of H-pyrrole nitrogens is 1. The Morgan fingerprint density at radius 3 is 2.40 bits per heavy atom. The molecule has 1 saturated carbocycles. The van der Waals surface area contributed by atoms with Crippen molar-refractivity contribution in [1.29, 1.82) is 0 Å². The molecule has 104 valence electrons. The Morgan fingerprint density at radius 2 is 1.85 bits per heavy atom. The lowest BCUT2D eigenvalue weighted by Gasteiger charge is -2.12. The Balaban J connectivity index is 2.19. The first-order chi connectivity index (χ1) is 9.72. The Hall–Kier alpha value is -2.30. The number of hydrogen-bond acceptors (Lipinski definition) is 4. The van der Waals surface area contributed by atoms with E-state index in [-0.39, 0.29) is 5.56 Å². The van der Waals surface area contributed by atoms with E-state index in [1.54, 1.807) is 14.2 Å². The molecule has 1 aromatic heterocycles. The summed E-state index contributed by atoms with van der Waals surface area (Å²) in [7, 11) is 3.18. The summed E-state index contributed by atoms with van der Waals surface area (Å²) in [6.45, 7) is 0. The van der Waals surface area contributed by atoms with Crippen LogP contribution in [0.3, 0.4) is 0 Å². The van der Waals surface area contributed by atoms with Crippen molar-refractivity contribution < 1.29 is 9.47 Å². The third kappa shape index (κ3) is 2.27. The number of aromatic nitrogens is 2. The van der Waals surface area contributed by atoms with Crippen LogP contribution < -0.4 is 15.0 Å². The molecular formula is C15H16N2O3. The zero-order valence-corrected chi connectivity index (χ0v) is 11.5. The number of benzene rings is 1. The van der Waals surface area contributed by atoms with Crippen LogP contribution in [0.15, 0.2) is 29.1 Å². The molecule has 0 bridgehead atoms. The number of nitrogens with zero attached hydrogens (tertiary/aromatic N) is 1. The van der Waals surface area contributed by atoms with Crippen LogP contribution in [0.2, 0.25) is 0 Å². The fraction of sp³-hybridized carbons (Fsp3) is 0.333. The fourth-order valence-electron chi connectivity index (χ4n) is 2.26. The van der Waals surface area contributed by atoms with Gasteiger partial charge >= 0.3 is 0 Å². The van der Waals surface area contributed by atoms with Crippen LogP contribution in [0.25, 0.3) is 11.3 Å². The number of methoxy groups -OCH3 is 2. The third-order valence-corrected chi connectivity index (χ3v) is 3.41. The van der Waals surface area contributed by atoms with Crippen molar-refractivity contribution in [2.75, 3.05) is 14.2 Å². The van der Waals surface area contributed by atoms with Crippen LogP contribution in [0.5, 0.6) is 11.5 Å². The maximum atomic E-state index is 11.8. The van der Waals surface area contributed by atoms with E-state index in [1.807, 2.05) is 18.2 Å². The molecule has 3 rings (SSSR count). The summed E-state index contributed by atoms with van der Waals surface area (Å²) in [5.41, 5.74) is 1.15. The molecule has 0 saturated heterocycles. The second-order valence-electron chi connectivity index (χ2n) is 4.83. The van der Waals surface area contributed by atoms with E-state index in [4.69, 9.17) is 9.47 Å². The number of nitrogens with one attached hydrogen (secondary N) is 1. The monoisotopic (exact) mass is 272 g/mol. The number of hydrogen-bond donors (Lipinski definition) is 1. The van der Waals surface area contributed by atoms with Crippen LogP contribution in [0, 0.1) is 0 Å². The quantitative estimate of drug-likeness (QED) is 0.927. The molecule has 2 aromatic rings. The van der Waals surface area contributed by atoms with Crippen LogP contribution in [0.1, 0.15) is 24.6 Å². The van der Waals surface area contributed by atoms with E-state index >= 15 is 0 Å². The average Bonchev–Trinajstić information content (AvgIpc) is 3.30. The summed E-state index contributed by atoms with van der Waals surface area (Å²) in [6, 6.07) is 6.98. The van der Waals surface area contributed by atoms with Crippen molar-refractivity contribution in [2.45, 2.75) is 18.8 Å². The van der Waals surface area contributed by atoms with Gasteiger partial charge in [0.1, 0.15) is 17.3 Å². The van der Waals surface area contributed by atoms with Gasteiger partial charge in [0.2, 0.25) is 0 Å². The topological polar surface area (TPSA) is 64.2 Å². The van der Waals surface area contributed by atoms with E-state index in [0.29, 0.717) is 28.7 Å². The second-order valence-corrected chi connectivity index (χ2v) is 4.83. The number of aromatic amines is 1. The van der Waals surface area contributed by atoms with Crippen molar-refractivity contribution in [1.82, 2.24) is 9.97 Å². The normalized spacial score (nSPS) is 14.1. The van der Waals surface area contributed by atoms with Crippen LogP contribution in [-0.4, -0.2) is 24.2 Å². The number of ether oxygens (including phenoxy) is 2. The lowest BCUT2D eigenvalue weighted by atomic mass is 10.1. The first kappa shape index (κ1) is 12.7. The van der Waals surface area contributed by atoms with Gasteiger partial charge in [0.25, 0.3) is 5.56 Å². The van der Waals surface area contributed by atoms with E-state index in [2.05, 4.69) is 9.97 Å². The van der Waals surface area contributed by atoms with Gasteiger partial charge in [-0.15, -0.1) is 0 Å². The van der Waals surface area contributed by atoms with Gasteiger partial charge in [0, 0.05) is 12.0 Å². The first-order valence-electron chi connectivity index (χ1n) is 6.55. The maximum absolute atomic E-state index is 11.8. The van der Waals surface area contributed by atoms with Gasteiger partial charge in [-0.2, -0.15) is 0 Å². The highest BCUT2D eigenvalue weighted by molar-refractivity contribution is 5.74. The van der Waals surface area contributed by atoms with E-state index in [1.165, 1.54) is 6.07 Å². The van der Waals surface area contributed by atoms with Gasteiger partial charge in [-0.1, -0.05) is 6.07 Å². The summed E-state index contributed by atoms with van der Waals surface area (Å²) in [5, 5.41) is 0. The molecule has 0 amide bonds. The molecule has 1 N–H and O–H groups in total. The van der Waals surface area contributed by atoms with Gasteiger partial charge in [-0.25, -0.2) is 4.98 Å². The molecule has 5 nitrogen and oxygen atoms in total. The van der Waals surface area contributed by atoms with Crippen LogP contribution in [-0.2, 0) is 0 Å². The highest BCUT2D eigenvalue weighted by atomic mass is 16.5. The van der Waals surface area contributed by atoms with Gasteiger partial charge in [-0.3, -0.25) is 4.79 Å². The van der Waals surface area contributed by atoms with Gasteiger partial charge < -0.3 is 14.5 Å². The van der Waals surface area contributed by atoms with Crippen molar-refractivity contribution in [3.05, 3.63) is 40.4 Å². The molecule has 20 heavy (non-hydrogen) atoms. The van der Waals surface area contributed by atoms with Crippen molar-refractivity contribution in [3.63, 3.8) is 0 Å². The summed E-state index contributed by atoms with van der Waals surface area (Å²) in [5.74, 6) is 2.41. The Bertz CT molecular complexity index is 668. The summed E-state index contributed by atoms with van der Waals surface area (Å²) >= 11 is 0. The van der Waals surface area contributed by atoms with Crippen LogP contribution in [0.4, 0.5) is 0 Å². The second kappa shape index (κ2) is 5.00. The summed E-state index contributed by atoms with van der Waals surface area (Å²) < 4.78 is 10.7. The molecule has 0 spiro atoms. The van der Waals surface area contributed by atoms with Gasteiger partial charge in [0.15, 0.2) is 0 Å². The highest BCUT2D eigenvalue weighted by Crippen LogP contribution is 2.40. The highest BCUT2D eigenvalue weighted by Gasteiger charge is 2.27. The van der Waals surface area contributed by atoms with Crippen molar-refractivity contribution in [3.8, 4) is 22.8 Å². The predicted molar refractivity (Wildman–Crippen MR) is 75.4 cm³/mol. The molecule has 1 fully saturated rings. The SMILES string of the molecule is COc1cccc(OC)c1-c1cc(=O)[nH]c(C2CC2)n1. The first-order valence-corrected chi connectivity index (χ1v) is 6.55. The van der Waals surface area contributed by atoms with Crippen LogP contribution >= 0.6 is 0 Å². The van der Waals surface area contributed by atoms with Crippen molar-refractivity contribution in [2.24, 2.45) is 0 Å². The molecule has 1 aromatic carbocycles. The minimum absolute atomic E-state index is 0.148. The molecule has 1 heterocycles. The largest absolute Gasteiger partial charge is 0.496 e. The standard InChI is InChI=1S/C15H16N2O3/c1-19-11-4-3-5-12(20-2)14(11)10-8-13(18)17-15(16-10)9-6-7-9/h3-5,8-9H,6-7H2,1-2H3,(H,16,17,18). The van der Waals surface area contributed by atoms with Crippen molar-refractivity contribution >= 4 is 0 Å². The zero-order chi connectivity index (χ0) is 14.1. The molecular weight excluding hydrogens is 256 g/mol. The Labute approximate surface area is 116 Å². The maximum Gasteiger partial charge on any atom is 0.251 e. The predicted octanol–water partition coefficient (Wildman–Crippen LogP) is 2.33. The lowest BCUT2D eigenvalue weighted by molar-refractivity contribution is 0.397. The average molecular weight is 272 g/mol. The Kier molecular flexibility index (Phi) is 3.18. The molecule has 0 atom stereocenters. The summed E-state index contributed by atoms with van der Waals surface area (Å²) in [4.78, 5) is 19.2. The van der Waals surface area contributed by atoms with Gasteiger partial charge in [-0.05, 0) is 25.0 Å². The van der Waals surface area contributed by atoms with E-state index in [9.17, 15) is 4.79 Å². The zero-order valence-electron chi connectivity index (χ0n) is 11.5. The summed E-state index contributed by atoms with van der Waals surface area (Å²) in [6.07, 6.45) is 2.16. The van der Waals surface area contributed by atoms with E-state index in [0.717, 1.165) is 18.7 Å². The number of rotatable bonds is 4. The van der Waals surface area contributed by atoms with Gasteiger partial charge in [0.05, 0.1) is 25.5 Å². The Morgan fingerprint density at radius 1 is 1.20 bits per heavy atom. The third-order valence-electron chi connectivity index (χ3n) is 3.41. The molecule has 0 radical (unpaired) electrons. The molecule has 1 aliphatic carbocycles. The molecule has 0 aliphatic heterocycles.